The van der Waals surface area contributed by atoms with Crippen molar-refractivity contribution < 1.29 is 27.3 Å². The van der Waals surface area contributed by atoms with Crippen LogP contribution in [0.4, 0.5) is 0 Å². The van der Waals surface area contributed by atoms with Gasteiger partial charge in [0.1, 0.15) is 0 Å². The molecule has 1 rings (SSSR count). The molecule has 0 aliphatic carbocycles. The zero-order chi connectivity index (χ0) is 7.40. The zero-order valence-electron chi connectivity index (χ0n) is 5.86. The number of carbonyl (C=O) groups is 1. The molecule has 2 nitrogen and oxygen atoms in total. The Kier molecular flexibility index (Phi) is 4.60. The van der Waals surface area contributed by atoms with Gasteiger partial charge in [-0.1, -0.05) is 30.3 Å². The molecule has 1 aromatic carbocycles. The summed E-state index contributed by atoms with van der Waals surface area (Å²) in [6.07, 6.45) is 0.112. The predicted molar refractivity (Wildman–Crippen MR) is 37.8 cm³/mol. The third-order valence-electron chi connectivity index (χ3n) is 1.20. The molecule has 0 radical (unpaired) electrons. The molecule has 0 bridgehead atoms. The van der Waals surface area contributed by atoms with Crippen LogP contribution in [0.15, 0.2) is 30.3 Å². The number of hydrogen-bond donors (Lipinski definition) is 1. The molecule has 0 saturated heterocycles. The molecule has 0 aliphatic heterocycles. The first-order valence-corrected chi connectivity index (χ1v) is 3.05. The van der Waals surface area contributed by atoms with E-state index in [-0.39, 0.29) is 23.8 Å². The van der Waals surface area contributed by atoms with Crippen molar-refractivity contribution in [2.45, 2.75) is 6.42 Å². The largest absolute Gasteiger partial charge is 0.481 e. The van der Waals surface area contributed by atoms with Crippen LogP contribution in [0.1, 0.15) is 5.56 Å². The minimum absolute atomic E-state index is 0. The first-order valence-electron chi connectivity index (χ1n) is 3.05. The summed E-state index contributed by atoms with van der Waals surface area (Å²) < 4.78 is 0. The van der Waals surface area contributed by atoms with E-state index < -0.39 is 5.97 Å². The van der Waals surface area contributed by atoms with Crippen molar-refractivity contribution in [3.05, 3.63) is 35.9 Å². The van der Waals surface area contributed by atoms with Crippen LogP contribution in [0.3, 0.4) is 0 Å². The summed E-state index contributed by atoms with van der Waals surface area (Å²) in [5.41, 5.74) is 0.843. The van der Waals surface area contributed by atoms with E-state index in [1.165, 1.54) is 0 Å². The summed E-state index contributed by atoms with van der Waals surface area (Å²) in [5, 5.41) is 8.37. The number of rotatable bonds is 2. The molecule has 0 heterocycles. The van der Waals surface area contributed by atoms with Gasteiger partial charge in [-0.2, -0.15) is 0 Å². The maximum Gasteiger partial charge on any atom is 0.307 e. The van der Waals surface area contributed by atoms with Crippen LogP contribution in [0.5, 0.6) is 0 Å². The Morgan fingerprint density at radius 1 is 1.27 bits per heavy atom. The van der Waals surface area contributed by atoms with Crippen LogP contribution in [-0.2, 0) is 28.6 Å². The van der Waals surface area contributed by atoms with Crippen molar-refractivity contribution in [1.29, 1.82) is 0 Å². The first-order chi connectivity index (χ1) is 4.79. The summed E-state index contributed by atoms with van der Waals surface area (Å²) >= 11 is 0. The number of carboxylic acid groups (broad SMARTS) is 1. The van der Waals surface area contributed by atoms with Gasteiger partial charge in [0.25, 0.3) is 0 Å². The Labute approximate surface area is 76.0 Å². The van der Waals surface area contributed by atoms with Crippen LogP contribution in [0, 0.1) is 0 Å². The second kappa shape index (κ2) is 4.95. The van der Waals surface area contributed by atoms with Gasteiger partial charge in [0.05, 0.1) is 6.42 Å². The molecule has 0 fully saturated rings. The van der Waals surface area contributed by atoms with Crippen LogP contribution < -0.4 is 0 Å². The van der Waals surface area contributed by atoms with E-state index in [2.05, 4.69) is 0 Å². The molecule has 0 amide bonds. The Morgan fingerprint density at radius 2 is 1.82 bits per heavy atom. The molecule has 1 N–H and O–H groups in total. The maximum absolute atomic E-state index is 10.2. The molecule has 3 heteroatoms. The fourth-order valence-electron chi connectivity index (χ4n) is 0.770. The number of aliphatic carboxylic acids is 1. The van der Waals surface area contributed by atoms with Crippen LogP contribution >= 0.6 is 0 Å². The Balaban J connectivity index is 0.000001000. The van der Waals surface area contributed by atoms with Gasteiger partial charge < -0.3 is 5.11 Å². The van der Waals surface area contributed by atoms with E-state index in [1.807, 2.05) is 18.2 Å². The summed E-state index contributed by atoms with van der Waals surface area (Å²) in [6.45, 7) is 0. The van der Waals surface area contributed by atoms with Crippen molar-refractivity contribution in [3.63, 3.8) is 0 Å². The minimum Gasteiger partial charge on any atom is -0.481 e. The van der Waals surface area contributed by atoms with E-state index in [0.717, 1.165) is 5.56 Å². The monoisotopic (exact) mass is 188 g/mol. The van der Waals surface area contributed by atoms with Crippen molar-refractivity contribution in [2.75, 3.05) is 0 Å². The van der Waals surface area contributed by atoms with E-state index in [4.69, 9.17) is 5.11 Å². The SMILES string of the molecule is O=C(O)Cc1ccccc1.[Cr]. The summed E-state index contributed by atoms with van der Waals surface area (Å²) in [6, 6.07) is 9.13. The Morgan fingerprint density at radius 3 is 2.27 bits per heavy atom. The van der Waals surface area contributed by atoms with E-state index in [9.17, 15) is 4.79 Å². The normalized spacial score (nSPS) is 8.36. The topological polar surface area (TPSA) is 37.3 Å². The van der Waals surface area contributed by atoms with Gasteiger partial charge in [0.2, 0.25) is 0 Å². The van der Waals surface area contributed by atoms with Gasteiger partial charge in [-0.25, -0.2) is 0 Å². The number of carboxylic acids is 1. The zero-order valence-corrected chi connectivity index (χ0v) is 7.13. The van der Waals surface area contributed by atoms with Crippen LogP contribution in [0.25, 0.3) is 0 Å². The molecule has 0 spiro atoms. The van der Waals surface area contributed by atoms with Gasteiger partial charge in [0, 0.05) is 17.4 Å². The first kappa shape index (κ1) is 10.2. The molecule has 1 aromatic rings. The van der Waals surface area contributed by atoms with Crippen molar-refractivity contribution >= 4 is 5.97 Å². The van der Waals surface area contributed by atoms with Gasteiger partial charge in [-0.05, 0) is 5.56 Å². The van der Waals surface area contributed by atoms with E-state index in [0.29, 0.717) is 0 Å². The predicted octanol–water partition coefficient (Wildman–Crippen LogP) is 1.31. The average molecular weight is 188 g/mol. The average Bonchev–Trinajstić information content (AvgIpc) is 1.88. The van der Waals surface area contributed by atoms with Gasteiger partial charge in [-0.3, -0.25) is 4.79 Å². The van der Waals surface area contributed by atoms with Gasteiger partial charge >= 0.3 is 5.97 Å². The maximum atomic E-state index is 10.2. The molecule has 11 heavy (non-hydrogen) atoms. The Hall–Kier alpha value is -0.778. The standard InChI is InChI=1S/C8H8O2.Cr/c9-8(10)6-7-4-2-1-3-5-7;/h1-5H,6H2,(H,9,10);. The second-order valence-electron chi connectivity index (χ2n) is 2.06. The molecular weight excluding hydrogens is 180 g/mol. The van der Waals surface area contributed by atoms with Gasteiger partial charge in [-0.15, -0.1) is 0 Å². The second-order valence-corrected chi connectivity index (χ2v) is 2.06. The smallest absolute Gasteiger partial charge is 0.307 e. The minimum atomic E-state index is -0.786. The Bertz CT molecular complexity index is 221. The van der Waals surface area contributed by atoms with Gasteiger partial charge in [0.15, 0.2) is 0 Å². The van der Waals surface area contributed by atoms with Crippen molar-refractivity contribution in [1.82, 2.24) is 0 Å². The molecular formula is C8H8CrO2. The van der Waals surface area contributed by atoms with Crippen molar-refractivity contribution in [3.8, 4) is 0 Å². The molecule has 58 valence electrons. The molecule has 0 atom stereocenters. The molecule has 0 saturated carbocycles. The van der Waals surface area contributed by atoms with Crippen LogP contribution in [-0.4, -0.2) is 11.1 Å². The van der Waals surface area contributed by atoms with E-state index >= 15 is 0 Å². The fraction of sp³-hybridized carbons (Fsp3) is 0.125. The third-order valence-corrected chi connectivity index (χ3v) is 1.20. The van der Waals surface area contributed by atoms with Crippen LogP contribution in [0.2, 0.25) is 0 Å². The summed E-state index contributed by atoms with van der Waals surface area (Å²) in [4.78, 5) is 10.2. The molecule has 0 aliphatic rings. The molecule has 0 aromatic heterocycles. The fourth-order valence-corrected chi connectivity index (χ4v) is 0.770. The quantitative estimate of drug-likeness (QED) is 0.759. The summed E-state index contributed by atoms with van der Waals surface area (Å²) in [5.74, 6) is -0.786. The number of benzene rings is 1. The molecule has 0 unspecified atom stereocenters. The number of hydrogen-bond acceptors (Lipinski definition) is 1. The third kappa shape index (κ3) is 3.82. The van der Waals surface area contributed by atoms with E-state index in [1.54, 1.807) is 12.1 Å². The van der Waals surface area contributed by atoms with Crippen molar-refractivity contribution in [2.24, 2.45) is 0 Å². The summed E-state index contributed by atoms with van der Waals surface area (Å²) in [7, 11) is 0.